The molecule has 3 heterocycles. The number of anilines is 1. The van der Waals surface area contributed by atoms with Crippen LogP contribution in [0.4, 0.5) is 9.52 Å². The summed E-state index contributed by atoms with van der Waals surface area (Å²) in [6.07, 6.45) is 2.45. The van der Waals surface area contributed by atoms with Crippen LogP contribution in [0.2, 0.25) is 0 Å². The molecule has 9 heteroatoms. The van der Waals surface area contributed by atoms with Crippen LogP contribution in [0.25, 0.3) is 0 Å². The van der Waals surface area contributed by atoms with Crippen molar-refractivity contribution in [3.63, 3.8) is 0 Å². The van der Waals surface area contributed by atoms with Gasteiger partial charge in [0.15, 0.2) is 0 Å². The number of morpholine rings is 1. The van der Waals surface area contributed by atoms with Crippen LogP contribution in [0, 0.1) is 11.7 Å². The van der Waals surface area contributed by atoms with Crippen molar-refractivity contribution in [3.8, 4) is 0 Å². The zero-order valence-electron chi connectivity index (χ0n) is 17.1. The van der Waals surface area contributed by atoms with E-state index in [4.69, 9.17) is 4.74 Å². The molecule has 1 amide bonds. The Balaban J connectivity index is 1.26. The molecule has 0 aliphatic carbocycles. The summed E-state index contributed by atoms with van der Waals surface area (Å²) in [5.41, 5.74) is 0.983. The van der Waals surface area contributed by atoms with Crippen molar-refractivity contribution < 1.29 is 13.9 Å². The molecule has 1 unspecified atom stereocenters. The average Bonchev–Trinajstić information content (AvgIpc) is 3.25. The maximum absolute atomic E-state index is 13.1. The maximum Gasteiger partial charge on any atom is 0.224 e. The van der Waals surface area contributed by atoms with E-state index in [1.54, 1.807) is 12.1 Å². The van der Waals surface area contributed by atoms with Crippen LogP contribution in [-0.4, -0.2) is 72.6 Å². The first-order chi connectivity index (χ1) is 14.7. The molecule has 0 saturated carbocycles. The molecule has 2 aromatic rings. The molecule has 7 nitrogen and oxygen atoms in total. The van der Waals surface area contributed by atoms with E-state index in [0.29, 0.717) is 19.5 Å². The number of hydrogen-bond donors (Lipinski definition) is 1. The number of amides is 1. The van der Waals surface area contributed by atoms with Gasteiger partial charge in [0, 0.05) is 57.2 Å². The summed E-state index contributed by atoms with van der Waals surface area (Å²) in [6.45, 7) is 6.53. The lowest BCUT2D eigenvalue weighted by Gasteiger charge is -2.32. The predicted molar refractivity (Wildman–Crippen MR) is 114 cm³/mol. The van der Waals surface area contributed by atoms with E-state index in [9.17, 15) is 9.18 Å². The molecule has 1 aromatic heterocycles. The summed E-state index contributed by atoms with van der Waals surface area (Å²) in [5.74, 6) is 0.601. The number of hydrogen-bond acceptors (Lipinski definition) is 7. The molecule has 1 atom stereocenters. The molecular formula is C21H28FN5O2S. The topological polar surface area (TPSA) is 70.6 Å². The fraction of sp³-hybridized carbons (Fsp3) is 0.571. The lowest BCUT2D eigenvalue weighted by molar-refractivity contribution is -0.125. The minimum Gasteiger partial charge on any atom is -0.379 e. The smallest absolute Gasteiger partial charge is 0.224 e. The van der Waals surface area contributed by atoms with Gasteiger partial charge in [-0.05, 0) is 30.5 Å². The van der Waals surface area contributed by atoms with Gasteiger partial charge in [0.05, 0.1) is 19.1 Å². The highest BCUT2D eigenvalue weighted by molar-refractivity contribution is 7.09. The highest BCUT2D eigenvalue weighted by atomic mass is 32.1. The predicted octanol–water partition coefficient (Wildman–Crippen LogP) is 1.93. The Labute approximate surface area is 180 Å². The molecule has 0 bridgehead atoms. The molecule has 4 rings (SSSR count). The van der Waals surface area contributed by atoms with Gasteiger partial charge in [0.25, 0.3) is 0 Å². The Morgan fingerprint density at radius 3 is 2.83 bits per heavy atom. The number of carbonyl (C=O) groups is 1. The molecule has 0 radical (unpaired) electrons. The standard InChI is InChI=1S/C21H28FN5O2S/c22-18-5-3-16(4-6-18)14-19-24-21(30-25-19)27-8-1-2-17(15-27)20(28)23-7-9-26-10-12-29-13-11-26/h3-6,17H,1-2,7-15H2,(H,23,28). The first kappa shape index (κ1) is 21.1. The molecule has 1 N–H and O–H groups in total. The van der Waals surface area contributed by atoms with E-state index >= 15 is 0 Å². The number of benzene rings is 1. The second-order valence-corrected chi connectivity index (χ2v) is 8.56. The highest BCUT2D eigenvalue weighted by Crippen LogP contribution is 2.25. The van der Waals surface area contributed by atoms with Gasteiger partial charge < -0.3 is 15.0 Å². The maximum atomic E-state index is 13.1. The van der Waals surface area contributed by atoms with Crippen molar-refractivity contribution in [2.45, 2.75) is 19.3 Å². The molecule has 2 fully saturated rings. The first-order valence-electron chi connectivity index (χ1n) is 10.6. The number of nitrogens with zero attached hydrogens (tertiary/aromatic N) is 4. The minimum atomic E-state index is -0.242. The second-order valence-electron chi connectivity index (χ2n) is 7.83. The van der Waals surface area contributed by atoms with Crippen molar-refractivity contribution >= 4 is 22.6 Å². The van der Waals surface area contributed by atoms with E-state index in [2.05, 4.69) is 24.5 Å². The van der Waals surface area contributed by atoms with Crippen molar-refractivity contribution in [2.75, 3.05) is 57.4 Å². The van der Waals surface area contributed by atoms with Gasteiger partial charge in [-0.2, -0.15) is 4.37 Å². The molecule has 1 aromatic carbocycles. The summed E-state index contributed by atoms with van der Waals surface area (Å²) >= 11 is 1.37. The number of aromatic nitrogens is 2. The fourth-order valence-electron chi connectivity index (χ4n) is 3.90. The number of ether oxygens (including phenoxy) is 1. The molecule has 2 saturated heterocycles. The number of piperidine rings is 1. The lowest BCUT2D eigenvalue weighted by atomic mass is 9.97. The highest BCUT2D eigenvalue weighted by Gasteiger charge is 2.27. The lowest BCUT2D eigenvalue weighted by Crippen LogP contribution is -2.46. The van der Waals surface area contributed by atoms with Gasteiger partial charge in [0.1, 0.15) is 11.6 Å². The van der Waals surface area contributed by atoms with Gasteiger partial charge in [-0.15, -0.1) is 0 Å². The van der Waals surface area contributed by atoms with E-state index in [-0.39, 0.29) is 17.6 Å². The molecule has 30 heavy (non-hydrogen) atoms. The van der Waals surface area contributed by atoms with Crippen molar-refractivity contribution in [1.29, 1.82) is 0 Å². The molecule has 162 valence electrons. The van der Waals surface area contributed by atoms with Crippen LogP contribution in [0.3, 0.4) is 0 Å². The van der Waals surface area contributed by atoms with Gasteiger partial charge in [0.2, 0.25) is 11.0 Å². The van der Waals surface area contributed by atoms with Gasteiger partial charge in [-0.25, -0.2) is 9.37 Å². The largest absolute Gasteiger partial charge is 0.379 e. The van der Waals surface area contributed by atoms with Crippen LogP contribution >= 0.6 is 11.5 Å². The summed E-state index contributed by atoms with van der Waals surface area (Å²) < 4.78 is 22.9. The summed E-state index contributed by atoms with van der Waals surface area (Å²) in [4.78, 5) is 21.8. The number of carbonyl (C=O) groups excluding carboxylic acids is 1. The zero-order valence-corrected chi connectivity index (χ0v) is 17.9. The molecule has 0 spiro atoms. The van der Waals surface area contributed by atoms with Crippen molar-refractivity contribution in [2.24, 2.45) is 5.92 Å². The van der Waals surface area contributed by atoms with E-state index in [1.807, 2.05) is 0 Å². The number of rotatable bonds is 7. The van der Waals surface area contributed by atoms with E-state index in [1.165, 1.54) is 23.7 Å². The van der Waals surface area contributed by atoms with Crippen LogP contribution < -0.4 is 10.2 Å². The quantitative estimate of drug-likeness (QED) is 0.720. The first-order valence-corrected chi connectivity index (χ1v) is 11.3. The Bertz CT molecular complexity index is 825. The zero-order chi connectivity index (χ0) is 20.8. The number of halogens is 1. The summed E-state index contributed by atoms with van der Waals surface area (Å²) in [7, 11) is 0. The molecular weight excluding hydrogens is 405 g/mol. The van der Waals surface area contributed by atoms with Gasteiger partial charge in [-0.3, -0.25) is 9.69 Å². The molecule has 2 aliphatic rings. The van der Waals surface area contributed by atoms with Crippen molar-refractivity contribution in [3.05, 3.63) is 41.5 Å². The summed E-state index contributed by atoms with van der Waals surface area (Å²) in [5, 5.41) is 3.96. The Kier molecular flexibility index (Phi) is 7.24. The van der Waals surface area contributed by atoms with Gasteiger partial charge in [-0.1, -0.05) is 12.1 Å². The normalized spacial score (nSPS) is 20.3. The average molecular weight is 434 g/mol. The molecule has 2 aliphatic heterocycles. The van der Waals surface area contributed by atoms with E-state index in [0.717, 1.165) is 68.8 Å². The van der Waals surface area contributed by atoms with Crippen LogP contribution in [0.1, 0.15) is 24.2 Å². The third kappa shape index (κ3) is 5.74. The SMILES string of the molecule is O=C(NCCN1CCOCC1)C1CCCN(c2nc(Cc3ccc(F)cc3)ns2)C1. The van der Waals surface area contributed by atoms with Gasteiger partial charge >= 0.3 is 0 Å². The van der Waals surface area contributed by atoms with E-state index < -0.39 is 0 Å². The fourth-order valence-corrected chi connectivity index (χ4v) is 4.62. The van der Waals surface area contributed by atoms with Crippen LogP contribution in [-0.2, 0) is 16.0 Å². The van der Waals surface area contributed by atoms with Crippen LogP contribution in [0.15, 0.2) is 24.3 Å². The number of nitrogens with one attached hydrogen (secondary N) is 1. The third-order valence-corrected chi connectivity index (χ3v) is 6.44. The summed E-state index contributed by atoms with van der Waals surface area (Å²) in [6, 6.07) is 6.42. The Morgan fingerprint density at radius 2 is 2.03 bits per heavy atom. The Morgan fingerprint density at radius 1 is 1.23 bits per heavy atom. The second kappa shape index (κ2) is 10.3. The van der Waals surface area contributed by atoms with Crippen molar-refractivity contribution in [1.82, 2.24) is 19.6 Å². The van der Waals surface area contributed by atoms with Crippen LogP contribution in [0.5, 0.6) is 0 Å². The Hall–Kier alpha value is -2.10. The monoisotopic (exact) mass is 433 g/mol. The third-order valence-electron chi connectivity index (χ3n) is 5.63. The minimum absolute atomic E-state index is 0.0205.